The first kappa shape index (κ1) is 13.5. The van der Waals surface area contributed by atoms with Gasteiger partial charge in [0, 0.05) is 18.0 Å². The van der Waals surface area contributed by atoms with Crippen LogP contribution in [0.25, 0.3) is 0 Å². The second-order valence-corrected chi connectivity index (χ2v) is 6.30. The fraction of sp³-hybridized carbons (Fsp3) is 0.312. The topological polar surface area (TPSA) is 50.8 Å². The number of nitrogens with zero attached hydrogens (tertiary/aromatic N) is 1. The summed E-state index contributed by atoms with van der Waals surface area (Å²) >= 11 is 1.77. The molecule has 0 unspecified atom stereocenters. The maximum Gasteiger partial charge on any atom is 0.322 e. The minimum absolute atomic E-state index is 0.0978. The fourth-order valence-electron chi connectivity index (χ4n) is 2.79. The van der Waals surface area contributed by atoms with Gasteiger partial charge in [0.15, 0.2) is 11.5 Å². The lowest BCUT2D eigenvalue weighted by molar-refractivity contribution is 0.172. The minimum atomic E-state index is -0.0978. The normalized spacial score (nSPS) is 16.1. The molecule has 0 saturated carbocycles. The second-order valence-electron chi connectivity index (χ2n) is 5.30. The number of fused-ring (bicyclic) bond motifs is 2. The summed E-state index contributed by atoms with van der Waals surface area (Å²) in [5.41, 5.74) is 1.92. The molecule has 1 aromatic carbocycles. The van der Waals surface area contributed by atoms with Gasteiger partial charge in [-0.2, -0.15) is 0 Å². The van der Waals surface area contributed by atoms with Crippen molar-refractivity contribution in [3.63, 3.8) is 0 Å². The monoisotopic (exact) mass is 316 g/mol. The van der Waals surface area contributed by atoms with Gasteiger partial charge >= 0.3 is 6.03 Å². The highest BCUT2D eigenvalue weighted by molar-refractivity contribution is 7.10. The largest absolute Gasteiger partial charge is 0.486 e. The lowest BCUT2D eigenvalue weighted by Gasteiger charge is -2.28. The van der Waals surface area contributed by atoms with E-state index in [0.717, 1.165) is 13.0 Å². The standard InChI is InChI=1S/C16H16N2O3S/c19-16(18-6-4-14-11(10-18)5-9-22-14)17-12-2-1-3-13-15(12)21-8-7-20-13/h1-3,5,9H,4,6-8,10H2,(H,17,19). The van der Waals surface area contributed by atoms with E-state index in [-0.39, 0.29) is 6.03 Å². The molecule has 5 nitrogen and oxygen atoms in total. The minimum Gasteiger partial charge on any atom is -0.486 e. The molecule has 22 heavy (non-hydrogen) atoms. The van der Waals surface area contributed by atoms with Crippen LogP contribution in [0.3, 0.4) is 0 Å². The molecule has 1 N–H and O–H groups in total. The van der Waals surface area contributed by atoms with Crippen LogP contribution in [0.4, 0.5) is 10.5 Å². The second kappa shape index (κ2) is 5.53. The third-order valence-corrected chi connectivity index (χ3v) is 4.93. The van der Waals surface area contributed by atoms with Gasteiger partial charge in [0.25, 0.3) is 0 Å². The van der Waals surface area contributed by atoms with E-state index in [4.69, 9.17) is 9.47 Å². The van der Waals surface area contributed by atoms with Crippen molar-refractivity contribution in [2.24, 2.45) is 0 Å². The van der Waals surface area contributed by atoms with Gasteiger partial charge in [0.1, 0.15) is 13.2 Å². The van der Waals surface area contributed by atoms with E-state index in [1.807, 2.05) is 23.1 Å². The molecular formula is C16H16N2O3S. The molecule has 1 aromatic heterocycles. The highest BCUT2D eigenvalue weighted by atomic mass is 32.1. The smallest absolute Gasteiger partial charge is 0.322 e. The maximum atomic E-state index is 12.5. The molecule has 0 atom stereocenters. The first-order valence-corrected chi connectivity index (χ1v) is 8.19. The van der Waals surface area contributed by atoms with Crippen LogP contribution < -0.4 is 14.8 Å². The Morgan fingerprint density at radius 1 is 1.23 bits per heavy atom. The van der Waals surface area contributed by atoms with Crippen molar-refractivity contribution in [1.82, 2.24) is 4.90 Å². The summed E-state index contributed by atoms with van der Waals surface area (Å²) in [5, 5.41) is 5.04. The highest BCUT2D eigenvalue weighted by Crippen LogP contribution is 2.37. The Hall–Kier alpha value is -2.21. The van der Waals surface area contributed by atoms with E-state index < -0.39 is 0 Å². The number of ether oxygens (including phenoxy) is 2. The average Bonchev–Trinajstić information content (AvgIpc) is 3.02. The Labute approximate surface area is 132 Å². The number of hydrogen-bond donors (Lipinski definition) is 1. The molecule has 0 spiro atoms. The lowest BCUT2D eigenvalue weighted by Crippen LogP contribution is -2.38. The number of rotatable bonds is 1. The van der Waals surface area contributed by atoms with Gasteiger partial charge in [-0.05, 0) is 35.6 Å². The molecule has 6 heteroatoms. The molecule has 2 amide bonds. The number of carbonyl (C=O) groups is 1. The molecule has 2 aliphatic rings. The number of hydrogen-bond acceptors (Lipinski definition) is 4. The molecular weight excluding hydrogens is 300 g/mol. The van der Waals surface area contributed by atoms with Crippen molar-refractivity contribution in [3.8, 4) is 11.5 Å². The van der Waals surface area contributed by atoms with Crippen molar-refractivity contribution in [2.75, 3.05) is 25.1 Å². The number of urea groups is 1. The molecule has 3 heterocycles. The number of carbonyl (C=O) groups excluding carboxylic acids is 1. The fourth-order valence-corrected chi connectivity index (χ4v) is 3.68. The molecule has 0 saturated heterocycles. The van der Waals surface area contributed by atoms with Gasteiger partial charge in [-0.1, -0.05) is 6.07 Å². The van der Waals surface area contributed by atoms with Crippen molar-refractivity contribution >= 4 is 23.1 Å². The predicted molar refractivity (Wildman–Crippen MR) is 84.9 cm³/mol. The van der Waals surface area contributed by atoms with Gasteiger partial charge in [-0.3, -0.25) is 0 Å². The Kier molecular flexibility index (Phi) is 3.38. The third kappa shape index (κ3) is 2.39. The van der Waals surface area contributed by atoms with Gasteiger partial charge in [0.05, 0.1) is 5.69 Å². The molecule has 4 rings (SSSR count). The van der Waals surface area contributed by atoms with Crippen LogP contribution in [0.15, 0.2) is 29.6 Å². The van der Waals surface area contributed by atoms with E-state index in [0.29, 0.717) is 36.9 Å². The molecule has 2 aliphatic heterocycles. The Balaban J connectivity index is 1.51. The van der Waals surface area contributed by atoms with Crippen molar-refractivity contribution in [3.05, 3.63) is 40.1 Å². The van der Waals surface area contributed by atoms with Gasteiger partial charge < -0.3 is 19.7 Å². The van der Waals surface area contributed by atoms with E-state index in [2.05, 4.69) is 16.8 Å². The summed E-state index contributed by atoms with van der Waals surface area (Å²) in [6.45, 7) is 2.45. The summed E-state index contributed by atoms with van der Waals surface area (Å²) in [4.78, 5) is 15.7. The maximum absolute atomic E-state index is 12.5. The number of benzene rings is 1. The number of nitrogens with one attached hydrogen (secondary N) is 1. The summed E-state index contributed by atoms with van der Waals surface area (Å²) in [5.74, 6) is 1.30. The van der Waals surface area contributed by atoms with Gasteiger partial charge in [-0.15, -0.1) is 11.3 Å². The summed E-state index contributed by atoms with van der Waals surface area (Å²) in [6.07, 6.45) is 0.924. The zero-order valence-corrected chi connectivity index (χ0v) is 12.8. The Morgan fingerprint density at radius 2 is 2.14 bits per heavy atom. The van der Waals surface area contributed by atoms with Crippen LogP contribution in [0, 0.1) is 0 Å². The van der Waals surface area contributed by atoms with Crippen LogP contribution in [-0.4, -0.2) is 30.7 Å². The first-order chi connectivity index (χ1) is 10.8. The molecule has 2 aromatic rings. The van der Waals surface area contributed by atoms with Crippen LogP contribution in [0.5, 0.6) is 11.5 Å². The zero-order valence-electron chi connectivity index (χ0n) is 12.0. The molecule has 0 aliphatic carbocycles. The SMILES string of the molecule is O=C(Nc1cccc2c1OCCO2)N1CCc2sccc2C1. The average molecular weight is 316 g/mol. The van der Waals surface area contributed by atoms with Crippen molar-refractivity contribution in [1.29, 1.82) is 0 Å². The summed E-state index contributed by atoms with van der Waals surface area (Å²) in [7, 11) is 0. The van der Waals surface area contributed by atoms with Crippen LogP contribution in [-0.2, 0) is 13.0 Å². The van der Waals surface area contributed by atoms with Crippen LogP contribution >= 0.6 is 11.3 Å². The van der Waals surface area contributed by atoms with Gasteiger partial charge in [-0.25, -0.2) is 4.79 Å². The van der Waals surface area contributed by atoms with E-state index in [1.54, 1.807) is 11.3 Å². The van der Waals surface area contributed by atoms with E-state index in [1.165, 1.54) is 10.4 Å². The van der Waals surface area contributed by atoms with E-state index >= 15 is 0 Å². The van der Waals surface area contributed by atoms with Gasteiger partial charge in [0.2, 0.25) is 0 Å². The van der Waals surface area contributed by atoms with Crippen molar-refractivity contribution < 1.29 is 14.3 Å². The number of thiophene rings is 1. The summed E-state index contributed by atoms with van der Waals surface area (Å²) < 4.78 is 11.2. The quantitative estimate of drug-likeness (QED) is 0.879. The Morgan fingerprint density at radius 3 is 3.09 bits per heavy atom. The highest BCUT2D eigenvalue weighted by Gasteiger charge is 2.23. The molecule has 0 fully saturated rings. The summed E-state index contributed by atoms with van der Waals surface area (Å²) in [6, 6.07) is 7.55. The first-order valence-electron chi connectivity index (χ1n) is 7.31. The zero-order chi connectivity index (χ0) is 14.9. The Bertz CT molecular complexity index is 713. The molecule has 0 bridgehead atoms. The lowest BCUT2D eigenvalue weighted by atomic mass is 10.1. The van der Waals surface area contributed by atoms with Crippen LogP contribution in [0.2, 0.25) is 0 Å². The molecule has 0 radical (unpaired) electrons. The number of anilines is 1. The molecule has 114 valence electrons. The predicted octanol–water partition coefficient (Wildman–Crippen LogP) is 3.11. The number of amides is 2. The third-order valence-electron chi connectivity index (χ3n) is 3.90. The van der Waals surface area contributed by atoms with Crippen LogP contribution in [0.1, 0.15) is 10.4 Å². The van der Waals surface area contributed by atoms with E-state index in [9.17, 15) is 4.79 Å². The number of para-hydroxylation sites is 1. The van der Waals surface area contributed by atoms with Crippen molar-refractivity contribution in [2.45, 2.75) is 13.0 Å².